The van der Waals surface area contributed by atoms with Gasteiger partial charge >= 0.3 is 18.3 Å². The smallest absolute Gasteiger partial charge is 0.412 e. The van der Waals surface area contributed by atoms with Crippen LogP contribution in [0.25, 0.3) is 32.1 Å². The van der Waals surface area contributed by atoms with Crippen LogP contribution >= 0.6 is 22.9 Å². The van der Waals surface area contributed by atoms with Crippen LogP contribution < -0.4 is 9.80 Å². The average Bonchev–Trinajstić information content (AvgIpc) is 3.45. The van der Waals surface area contributed by atoms with Crippen molar-refractivity contribution in [3.05, 3.63) is 47.0 Å². The first kappa shape index (κ1) is 32.1. The third-order valence-corrected chi connectivity index (χ3v) is 9.57. The molecule has 2 aromatic heterocycles. The maximum Gasteiger partial charge on any atom is 0.412 e. The molecule has 2 saturated heterocycles. The minimum atomic E-state index is -1.20. The lowest BCUT2D eigenvalue weighted by atomic mass is 9.98. The van der Waals surface area contributed by atoms with E-state index in [1.807, 2.05) is 0 Å². The normalized spacial score (nSPS) is 18.5. The molecule has 2 amide bonds. The Bertz CT molecular complexity index is 1890. The molecule has 2 bridgehead atoms. The lowest BCUT2D eigenvalue weighted by Crippen LogP contribution is -2.57. The van der Waals surface area contributed by atoms with Gasteiger partial charge in [0, 0.05) is 45.2 Å². The van der Waals surface area contributed by atoms with Crippen molar-refractivity contribution in [3.63, 3.8) is 0 Å². The van der Waals surface area contributed by atoms with Crippen molar-refractivity contribution in [2.45, 2.75) is 77.6 Å². The Kier molecular flexibility index (Phi) is 7.78. The zero-order valence-corrected chi connectivity index (χ0v) is 27.7. The van der Waals surface area contributed by atoms with Crippen LogP contribution in [0.15, 0.2) is 24.3 Å². The highest BCUT2D eigenvalue weighted by Gasteiger charge is 2.45. The molecule has 244 valence electrons. The van der Waals surface area contributed by atoms with E-state index in [2.05, 4.69) is 9.97 Å². The first-order valence-electron chi connectivity index (χ1n) is 14.8. The number of carbonyl (C=O) groups excluding carboxylic acids is 1. The fourth-order valence-corrected chi connectivity index (χ4v) is 8.00. The number of carboxylic acid groups (broad SMARTS) is 1. The predicted molar refractivity (Wildman–Crippen MR) is 173 cm³/mol. The molecule has 2 aliphatic rings. The summed E-state index contributed by atoms with van der Waals surface area (Å²) in [5.74, 6) is -1.71. The maximum absolute atomic E-state index is 16.5. The van der Waals surface area contributed by atoms with Gasteiger partial charge in [0.2, 0.25) is 0 Å². The number of nitrogens with zero attached hydrogens (tertiary/aromatic N) is 5. The van der Waals surface area contributed by atoms with E-state index in [9.17, 15) is 14.7 Å². The molecule has 6 rings (SSSR count). The van der Waals surface area contributed by atoms with Gasteiger partial charge in [-0.15, -0.1) is 11.3 Å². The number of hydrogen-bond acceptors (Lipinski definition) is 7. The van der Waals surface area contributed by atoms with Gasteiger partial charge in [0.15, 0.2) is 5.82 Å². The molecule has 14 heteroatoms. The second kappa shape index (κ2) is 11.2. The molecule has 9 nitrogen and oxygen atoms in total. The molecule has 4 heterocycles. The molecule has 2 fully saturated rings. The molecule has 0 saturated carbocycles. The predicted octanol–water partition coefficient (Wildman–Crippen LogP) is 8.45. The number of aromatic nitrogens is 2. The molecule has 46 heavy (non-hydrogen) atoms. The first-order chi connectivity index (χ1) is 21.4. The Morgan fingerprint density at radius 2 is 1.65 bits per heavy atom. The van der Waals surface area contributed by atoms with Gasteiger partial charge in [-0.25, -0.2) is 18.4 Å². The summed E-state index contributed by atoms with van der Waals surface area (Å²) < 4.78 is 53.3. The Morgan fingerprint density at radius 3 is 2.24 bits per heavy atom. The number of hydrogen-bond donors (Lipinski definition) is 1. The number of fused-ring (bicyclic) bond motifs is 4. The van der Waals surface area contributed by atoms with Gasteiger partial charge in [-0.05, 0) is 78.6 Å². The van der Waals surface area contributed by atoms with E-state index >= 15 is 13.2 Å². The van der Waals surface area contributed by atoms with Crippen LogP contribution in [0.2, 0.25) is 5.02 Å². The molecule has 0 radical (unpaired) electrons. The van der Waals surface area contributed by atoms with Gasteiger partial charge in [0.25, 0.3) is 0 Å². The summed E-state index contributed by atoms with van der Waals surface area (Å²) in [7, 11) is 0. The number of rotatable bonds is 3. The Morgan fingerprint density at radius 1 is 1.00 bits per heavy atom. The fourth-order valence-electron chi connectivity index (χ4n) is 6.46. The van der Waals surface area contributed by atoms with Crippen LogP contribution in [0, 0.1) is 17.7 Å². The van der Waals surface area contributed by atoms with Gasteiger partial charge in [-0.3, -0.25) is 9.80 Å². The summed E-state index contributed by atoms with van der Waals surface area (Å²) in [4.78, 5) is 37.6. The van der Waals surface area contributed by atoms with E-state index in [0.717, 1.165) is 22.3 Å². The largest absolute Gasteiger partial charge is 0.465 e. The van der Waals surface area contributed by atoms with E-state index in [0.29, 0.717) is 35.6 Å². The molecule has 4 aromatic rings. The van der Waals surface area contributed by atoms with Gasteiger partial charge in [-0.1, -0.05) is 11.6 Å². The summed E-state index contributed by atoms with van der Waals surface area (Å²) in [6, 6.07) is 5.09. The number of halogens is 4. The Labute approximate surface area is 272 Å². The van der Waals surface area contributed by atoms with Crippen LogP contribution in [-0.4, -0.2) is 68.5 Å². The summed E-state index contributed by atoms with van der Waals surface area (Å²) in [5, 5.41) is 10.5. The zero-order chi connectivity index (χ0) is 33.5. The van der Waals surface area contributed by atoms with Crippen molar-refractivity contribution in [3.8, 4) is 11.1 Å². The molecule has 0 aliphatic carbocycles. The van der Waals surface area contributed by atoms with E-state index < -0.39 is 41.0 Å². The van der Waals surface area contributed by atoms with Crippen molar-refractivity contribution in [2.75, 3.05) is 22.9 Å². The molecule has 2 atom stereocenters. The molecule has 1 N–H and O–H groups in total. The molecule has 2 aliphatic heterocycles. The zero-order valence-electron chi connectivity index (χ0n) is 26.1. The Balaban J connectivity index is 1.44. The second-order valence-corrected chi connectivity index (χ2v) is 15.1. The quantitative estimate of drug-likeness (QED) is 0.218. The summed E-state index contributed by atoms with van der Waals surface area (Å²) in [6.07, 6.45) is -1.36. The van der Waals surface area contributed by atoms with E-state index in [1.165, 1.54) is 18.2 Å². The fraction of sp³-hybridized carbons (Fsp3) is 0.438. The first-order valence-corrected chi connectivity index (χ1v) is 16.0. The lowest BCUT2D eigenvalue weighted by molar-refractivity contribution is 0.0122. The molecule has 2 unspecified atom stereocenters. The second-order valence-electron chi connectivity index (χ2n) is 13.6. The van der Waals surface area contributed by atoms with Crippen LogP contribution in [-0.2, 0) is 4.74 Å². The van der Waals surface area contributed by atoms with E-state index in [-0.39, 0.29) is 50.3 Å². The standard InChI is InChI=1S/C32H33ClF3N5O4S/c1-31(2,3)41(29(42)43)22-12-17-21(46-22)10-9-20(34)23(17)24-19(33)11-18-26(25(24)35)37-28(36)38-27(18)39-13-15-7-8-16(14-39)40(15)30(44)45-32(4,5)6/h9-12,15-16H,7-8,13-14H2,1-6H3,(H,42,43). The number of anilines is 2. The number of piperazine rings is 1. The van der Waals surface area contributed by atoms with Crippen molar-refractivity contribution in [1.82, 2.24) is 14.9 Å². The number of ether oxygens (including phenoxy) is 1. The number of benzene rings is 2. The highest BCUT2D eigenvalue weighted by molar-refractivity contribution is 7.23. The van der Waals surface area contributed by atoms with E-state index in [4.69, 9.17) is 16.3 Å². The van der Waals surface area contributed by atoms with Crippen LogP contribution in [0.4, 0.5) is 33.6 Å². The lowest BCUT2D eigenvalue weighted by Gasteiger charge is -2.42. The molecule has 0 spiro atoms. The molecular weight excluding hydrogens is 643 g/mol. The number of carbonyl (C=O) groups is 2. The van der Waals surface area contributed by atoms with Crippen molar-refractivity contribution in [2.24, 2.45) is 0 Å². The monoisotopic (exact) mass is 675 g/mol. The highest BCUT2D eigenvalue weighted by Crippen LogP contribution is 2.46. The van der Waals surface area contributed by atoms with E-state index in [1.54, 1.807) is 51.3 Å². The highest BCUT2D eigenvalue weighted by atomic mass is 35.5. The summed E-state index contributed by atoms with van der Waals surface area (Å²) in [5.41, 5.74) is -2.37. The SMILES string of the molecule is CC(C)(C)OC(=O)N1C2CCC1CN(c1nc(F)nc3c(F)c(-c4c(F)ccc5sc(N(C(=O)O)C(C)(C)C)cc45)c(Cl)cc13)C2. The Hall–Kier alpha value is -3.84. The minimum Gasteiger partial charge on any atom is -0.465 e. The summed E-state index contributed by atoms with van der Waals surface area (Å²) >= 11 is 7.82. The van der Waals surface area contributed by atoms with Crippen LogP contribution in [0.3, 0.4) is 0 Å². The molecular formula is C32H33ClF3N5O4S. The van der Waals surface area contributed by atoms with Crippen molar-refractivity contribution in [1.29, 1.82) is 0 Å². The summed E-state index contributed by atoms with van der Waals surface area (Å²) in [6.45, 7) is 11.2. The van der Waals surface area contributed by atoms with Crippen molar-refractivity contribution < 1.29 is 32.6 Å². The number of thiophene rings is 1. The van der Waals surface area contributed by atoms with Crippen LogP contribution in [0.1, 0.15) is 54.4 Å². The van der Waals surface area contributed by atoms with Crippen LogP contribution in [0.5, 0.6) is 0 Å². The maximum atomic E-state index is 16.5. The van der Waals surface area contributed by atoms with Crippen molar-refractivity contribution >= 4 is 66.9 Å². The average molecular weight is 676 g/mol. The molecule has 2 aromatic carbocycles. The van der Waals surface area contributed by atoms with Gasteiger partial charge in [0.05, 0.1) is 17.1 Å². The third-order valence-electron chi connectivity index (χ3n) is 8.19. The van der Waals surface area contributed by atoms with Gasteiger partial charge in [0.1, 0.15) is 27.8 Å². The topological polar surface area (TPSA) is 99.1 Å². The third kappa shape index (κ3) is 5.57. The van der Waals surface area contributed by atoms with Gasteiger partial charge in [-0.2, -0.15) is 14.4 Å². The minimum absolute atomic E-state index is 0.120. The number of amides is 2. The van der Waals surface area contributed by atoms with Gasteiger partial charge < -0.3 is 14.7 Å².